The van der Waals surface area contributed by atoms with Crippen LogP contribution in [-0.2, 0) is 114 Å². The zero-order valence-corrected chi connectivity index (χ0v) is 99.0. The topological polar surface area (TPSA) is 323 Å². The van der Waals surface area contributed by atoms with Crippen molar-refractivity contribution in [1.82, 2.24) is 0 Å². The van der Waals surface area contributed by atoms with Crippen LogP contribution in [0.2, 0.25) is 0 Å². The van der Waals surface area contributed by atoms with Crippen molar-refractivity contribution in [1.29, 1.82) is 0 Å². The van der Waals surface area contributed by atoms with Crippen molar-refractivity contribution in [3.8, 4) is 0 Å². The lowest BCUT2D eigenvalue weighted by Gasteiger charge is -2.53. The van der Waals surface area contributed by atoms with Gasteiger partial charge < -0.3 is 139 Å². The van der Waals surface area contributed by atoms with Crippen LogP contribution in [0.25, 0.3) is 0 Å². The molecule has 12 bridgehead atoms. The van der Waals surface area contributed by atoms with E-state index in [1.54, 1.807) is 0 Å². The normalized spacial score (nSPS) is 31.1. The summed E-state index contributed by atoms with van der Waals surface area (Å²) in [6.07, 6.45) is 22.5. The molecule has 30 atom stereocenters. The van der Waals surface area contributed by atoms with E-state index < -0.39 is 217 Å². The van der Waals surface area contributed by atoms with E-state index in [2.05, 4.69) is 106 Å². The molecule has 0 spiro atoms. The number of aliphatic hydroxyl groups excluding tert-OH is 5. The molecule has 0 amide bonds. The summed E-state index contributed by atoms with van der Waals surface area (Å²) in [6, 6.07) is 0. The molecule has 22 heterocycles. The highest BCUT2D eigenvalue weighted by Gasteiger charge is 2.62. The molecule has 5 N–H and O–H groups in total. The quantitative estimate of drug-likeness (QED) is 0.0215. The van der Waals surface area contributed by atoms with E-state index >= 15 is 0 Å². The monoisotopic (exact) mass is 2260 g/mol. The summed E-state index contributed by atoms with van der Waals surface area (Å²) in [5, 5.41) is 62.8. The van der Waals surface area contributed by atoms with Gasteiger partial charge in [-0.2, -0.15) is 0 Å². The van der Waals surface area contributed by atoms with Gasteiger partial charge >= 0.3 is 0 Å². The maximum absolute atomic E-state index is 12.6. The number of hydrogen-bond donors (Lipinski definition) is 5. The third-order valence-electron chi connectivity index (χ3n) is 31.0. The third-order valence-corrected chi connectivity index (χ3v) is 31.9. The van der Waals surface area contributed by atoms with E-state index in [1.165, 1.54) is 0 Å². The van der Waals surface area contributed by atoms with E-state index in [9.17, 15) is 25.5 Å². The maximum atomic E-state index is 12.6. The predicted octanol–water partition coefficient (Wildman–Crippen LogP) is 24.3. The molecular formula is C120H227IO29. The fourth-order valence-corrected chi connectivity index (χ4v) is 22.7. The van der Waals surface area contributed by atoms with Crippen LogP contribution in [0.15, 0.2) is 0 Å². The molecule has 0 radical (unpaired) electrons. The number of ether oxygens (including phenoxy) is 24. The lowest BCUT2D eigenvalue weighted by atomic mass is 9.94. The van der Waals surface area contributed by atoms with Gasteiger partial charge in [-0.05, 0) is 77.0 Å². The molecular weight excluding hydrogens is 2030 g/mol. The molecule has 22 fully saturated rings. The summed E-state index contributed by atoms with van der Waals surface area (Å²) in [4.78, 5) is 0. The minimum atomic E-state index is -1.37. The predicted molar refractivity (Wildman–Crippen MR) is 598 cm³/mol. The van der Waals surface area contributed by atoms with E-state index in [0.29, 0.717) is 95.2 Å². The first-order valence-electron chi connectivity index (χ1n) is 62.7. The average molecular weight is 2260 g/mol. The van der Waals surface area contributed by atoms with Gasteiger partial charge in [-0.3, -0.25) is 0 Å². The maximum Gasteiger partial charge on any atom is 0.187 e. The number of aliphatic hydroxyl groups is 5. The molecule has 888 valence electrons. The fourth-order valence-electron chi connectivity index (χ4n) is 22.0. The molecule has 150 heavy (non-hydrogen) atoms. The Hall–Kier alpha value is -0.430. The van der Waals surface area contributed by atoms with Crippen LogP contribution >= 0.6 is 22.6 Å². The van der Waals surface area contributed by atoms with Gasteiger partial charge in [0, 0.05) is 83.7 Å². The Balaban J connectivity index is 1.62. The van der Waals surface area contributed by atoms with Gasteiger partial charge in [-0.1, -0.05) is 414 Å². The van der Waals surface area contributed by atoms with Crippen LogP contribution in [0.3, 0.4) is 0 Å². The van der Waals surface area contributed by atoms with Crippen LogP contribution in [0, 0.1) is 0 Å². The van der Waals surface area contributed by atoms with Crippen LogP contribution < -0.4 is 0 Å². The van der Waals surface area contributed by atoms with Crippen molar-refractivity contribution in [2.75, 3.05) is 117 Å². The molecule has 22 aliphatic rings. The van der Waals surface area contributed by atoms with Crippen molar-refractivity contribution in [2.45, 2.75) is 653 Å². The Kier molecular flexibility index (Phi) is 80.2. The zero-order valence-electron chi connectivity index (χ0n) is 96.9. The molecule has 0 aromatic rings. The molecule has 22 saturated heterocycles. The Morgan fingerprint density at radius 1 is 0.140 bits per heavy atom. The highest BCUT2D eigenvalue weighted by Crippen LogP contribution is 2.45. The van der Waals surface area contributed by atoms with Gasteiger partial charge in [0.2, 0.25) is 0 Å². The summed E-state index contributed by atoms with van der Waals surface area (Å²) < 4.78 is 182. The number of halogens is 1. The number of hydrogen-bond acceptors (Lipinski definition) is 29. The molecule has 30 heteroatoms. The van der Waals surface area contributed by atoms with Gasteiger partial charge in [-0.25, -0.2) is 0 Å². The van der Waals surface area contributed by atoms with Crippen LogP contribution in [0.5, 0.6) is 0 Å². The first kappa shape index (κ1) is 136. The van der Waals surface area contributed by atoms with Crippen molar-refractivity contribution in [3.63, 3.8) is 0 Å². The molecule has 0 aromatic carbocycles. The van der Waals surface area contributed by atoms with Gasteiger partial charge in [0.05, 0.1) is 39.1 Å². The zero-order chi connectivity index (χ0) is 107. The lowest BCUT2D eigenvalue weighted by Crippen LogP contribution is -2.70. The highest BCUT2D eigenvalue weighted by atomic mass is 127. The molecule has 0 aliphatic carbocycles. The number of unbranched alkanes of at least 4 members (excludes halogenated alkanes) is 48. The van der Waals surface area contributed by atoms with Gasteiger partial charge in [0.1, 0.15) is 140 Å². The number of alkyl halides is 1. The Bertz CT molecular complexity index is 2530. The Labute approximate surface area is 925 Å². The summed E-state index contributed by atoms with van der Waals surface area (Å²) in [5.74, 6) is 0. The first-order chi connectivity index (χ1) is 73.9. The molecule has 0 aromatic heterocycles. The van der Waals surface area contributed by atoms with Crippen molar-refractivity contribution in [3.05, 3.63) is 0 Å². The lowest BCUT2D eigenvalue weighted by molar-refractivity contribution is -0.413. The molecule has 29 nitrogen and oxygen atoms in total. The van der Waals surface area contributed by atoms with Crippen molar-refractivity contribution >= 4 is 22.6 Å². The van der Waals surface area contributed by atoms with Gasteiger partial charge in [0.15, 0.2) is 37.7 Å². The second-order valence-electron chi connectivity index (χ2n) is 43.9. The third kappa shape index (κ3) is 50.1. The smallest absolute Gasteiger partial charge is 0.187 e. The Morgan fingerprint density at radius 3 is 0.360 bits per heavy atom. The van der Waals surface area contributed by atoms with Gasteiger partial charge in [-0.15, -0.1) is 0 Å². The van der Waals surface area contributed by atoms with Crippen LogP contribution in [0.4, 0.5) is 0 Å². The van der Waals surface area contributed by atoms with E-state index in [0.717, 1.165) is 327 Å². The molecule has 22 aliphatic heterocycles. The van der Waals surface area contributed by atoms with E-state index in [4.69, 9.17) is 114 Å². The summed E-state index contributed by atoms with van der Waals surface area (Å²) in [7, 11) is 0. The molecule has 30 unspecified atom stereocenters. The summed E-state index contributed by atoms with van der Waals surface area (Å²) in [5.41, 5.74) is 0. The standard InChI is InChI=1S/C120H227IO29/c1-13-25-37-49-61-73-127-103-97-91(85-121)139-115(109(103)133-79-67-55-43-31-19-7)146-98-92(86-122)141-117(111(135-81-69-57-45-33-21-9)104(98)128-74-62-50-38-26-14-2)148-100-94(88-124)143-119(113(137-83-71-59-47-35-23-11)106(100)130-76-64-52-40-28-16-4)150-102-96(90-126)144-120(114(138-84-72-60-48-36-24-12)108(102)132-78-66-54-42-30-18-6)149-101-95(89-125)142-118(112(136-82-70-58-46-34-22-10)107(101)131-77-65-53-41-29-17-5)147-99-93(87-123)140-116(145-97)110(134-80-68-56-44-32-20-8)105(99)129-75-63-51-39-27-15-3/h91-120,122-126H,13-90H2,1-12H3. The minimum Gasteiger partial charge on any atom is -0.394 e. The number of rotatable bonds is 90. The molecule has 22 rings (SSSR count). The van der Waals surface area contributed by atoms with E-state index in [1.807, 2.05) is 0 Å². The van der Waals surface area contributed by atoms with Crippen molar-refractivity contribution < 1.29 is 139 Å². The van der Waals surface area contributed by atoms with E-state index in [-0.39, 0.29) is 46.2 Å². The SMILES string of the molecule is CCCCCCCOC1C2OC(CO)C(OC3OC(CO)C(OC4OC(CO)C(OC5OC(CI)C(OC6OC(CO)C(OC7OC(CO)C(O2)C(OCCCCCCC)C7OCCCCCCC)C(OCCCCCCC)C6OCCCCCCC)C(OCCCCCCC)C5OCCCCCCC)C(OCCCCCCC)C4OCCCCCCC)C(OCCCCCCC)C3OCCCCCCC)C1OCCCCCCC. The minimum absolute atomic E-state index is 0.264. The first-order valence-corrected chi connectivity index (χ1v) is 64.3. The summed E-state index contributed by atoms with van der Waals surface area (Å²) >= 11 is 2.39. The largest absolute Gasteiger partial charge is 0.394 e. The van der Waals surface area contributed by atoms with Crippen molar-refractivity contribution in [2.24, 2.45) is 0 Å². The van der Waals surface area contributed by atoms with Crippen LogP contribution in [-0.4, -0.2) is 327 Å². The highest BCUT2D eigenvalue weighted by molar-refractivity contribution is 14.1. The average Bonchev–Trinajstić information content (AvgIpc) is 0.751. The van der Waals surface area contributed by atoms with Gasteiger partial charge in [0.25, 0.3) is 0 Å². The summed E-state index contributed by atoms with van der Waals surface area (Å²) in [6.45, 7) is 27.1. The van der Waals surface area contributed by atoms with Crippen LogP contribution in [0.1, 0.15) is 468 Å². The molecule has 0 saturated carbocycles. The second-order valence-corrected chi connectivity index (χ2v) is 44.8. The Morgan fingerprint density at radius 2 is 0.247 bits per heavy atom. The fraction of sp³-hybridized carbons (Fsp3) is 1.00. The second kappa shape index (κ2) is 88.2.